The maximum Gasteiger partial charge on any atom is 0.330 e. The molecule has 2 N–H and O–H groups in total. The number of aliphatic hydroxyl groups excluding tert-OH is 1. The summed E-state index contributed by atoms with van der Waals surface area (Å²) >= 11 is 0. The molecule has 0 saturated carbocycles. The Morgan fingerprint density at radius 1 is 1.31 bits per heavy atom. The van der Waals surface area contributed by atoms with E-state index >= 15 is 0 Å². The number of aliphatic hydroxyl groups is 1. The molecule has 1 aliphatic carbocycles. The minimum Gasteiger partial charge on any atom is -0.466 e. The van der Waals surface area contributed by atoms with Crippen molar-refractivity contribution in [1.29, 1.82) is 0 Å². The predicted molar refractivity (Wildman–Crippen MR) is 103 cm³/mol. The van der Waals surface area contributed by atoms with Crippen LogP contribution in [0.15, 0.2) is 54.6 Å². The van der Waals surface area contributed by atoms with Gasteiger partial charge in [0.1, 0.15) is 0 Å². The van der Waals surface area contributed by atoms with Crippen LogP contribution in [0.3, 0.4) is 0 Å². The Hall–Kier alpha value is -2.43. The number of rotatable bonds is 7. The molecule has 136 valence electrons. The lowest BCUT2D eigenvalue weighted by Crippen LogP contribution is -2.36. The summed E-state index contributed by atoms with van der Waals surface area (Å²) in [6, 6.07) is 16.8. The van der Waals surface area contributed by atoms with E-state index in [4.69, 9.17) is 0 Å². The standard InChI is InChI=1S/C22H25NO3/c1-26-22(25)12-8-17-7-10-20-18(13-17)9-11-21(20)23-19(15-24)14-16-5-3-2-4-6-16/h2-8,10,12-13,19,21,23-24H,9,11,14-15H2,1H3/b12-8+/t19-,21+/m0/s1. The van der Waals surface area contributed by atoms with Gasteiger partial charge in [0, 0.05) is 18.2 Å². The average molecular weight is 351 g/mol. The first kappa shape index (κ1) is 18.4. The van der Waals surface area contributed by atoms with Gasteiger partial charge in [0.2, 0.25) is 0 Å². The quantitative estimate of drug-likeness (QED) is 0.595. The van der Waals surface area contributed by atoms with Crippen molar-refractivity contribution in [2.24, 2.45) is 0 Å². The molecule has 4 nitrogen and oxygen atoms in total. The molecule has 3 rings (SSSR count). The number of aryl methyl sites for hydroxylation is 1. The minimum absolute atomic E-state index is 0.0345. The summed E-state index contributed by atoms with van der Waals surface area (Å²) in [4.78, 5) is 11.2. The maximum atomic E-state index is 11.2. The maximum absolute atomic E-state index is 11.2. The van der Waals surface area contributed by atoms with Gasteiger partial charge < -0.3 is 15.2 Å². The molecule has 0 radical (unpaired) electrons. The van der Waals surface area contributed by atoms with Gasteiger partial charge in [-0.1, -0.05) is 48.5 Å². The van der Waals surface area contributed by atoms with Crippen molar-refractivity contribution in [3.63, 3.8) is 0 Å². The molecule has 26 heavy (non-hydrogen) atoms. The first-order valence-electron chi connectivity index (χ1n) is 8.99. The average Bonchev–Trinajstić information content (AvgIpc) is 3.08. The van der Waals surface area contributed by atoms with Crippen LogP contribution in [-0.4, -0.2) is 30.8 Å². The molecule has 0 aromatic heterocycles. The van der Waals surface area contributed by atoms with Crippen LogP contribution in [0.5, 0.6) is 0 Å². The molecule has 0 saturated heterocycles. The van der Waals surface area contributed by atoms with E-state index in [1.807, 2.05) is 24.3 Å². The zero-order chi connectivity index (χ0) is 18.4. The summed E-state index contributed by atoms with van der Waals surface area (Å²) in [5.74, 6) is -0.350. The Morgan fingerprint density at radius 3 is 2.85 bits per heavy atom. The second kappa shape index (κ2) is 8.79. The van der Waals surface area contributed by atoms with Crippen LogP contribution in [-0.2, 0) is 22.4 Å². The normalized spacial score (nSPS) is 17.2. The second-order valence-corrected chi connectivity index (χ2v) is 6.64. The van der Waals surface area contributed by atoms with E-state index in [1.54, 1.807) is 6.08 Å². The minimum atomic E-state index is -0.350. The van der Waals surface area contributed by atoms with Crippen LogP contribution in [0, 0.1) is 0 Å². The van der Waals surface area contributed by atoms with Crippen molar-refractivity contribution in [3.05, 3.63) is 76.9 Å². The molecule has 0 spiro atoms. The zero-order valence-electron chi connectivity index (χ0n) is 15.0. The van der Waals surface area contributed by atoms with Gasteiger partial charge in [0.05, 0.1) is 13.7 Å². The Morgan fingerprint density at radius 2 is 2.12 bits per heavy atom. The number of methoxy groups -OCH3 is 1. The zero-order valence-corrected chi connectivity index (χ0v) is 15.0. The lowest BCUT2D eigenvalue weighted by Gasteiger charge is -2.22. The number of hydrogen-bond donors (Lipinski definition) is 2. The predicted octanol–water partition coefficient (Wildman–Crippen LogP) is 3.05. The van der Waals surface area contributed by atoms with Crippen LogP contribution in [0.4, 0.5) is 0 Å². The SMILES string of the molecule is COC(=O)/C=C/c1ccc2c(c1)CC[C@H]2N[C@H](CO)Cc1ccccc1. The lowest BCUT2D eigenvalue weighted by atomic mass is 10.0. The molecular formula is C22H25NO3. The fraction of sp³-hybridized carbons (Fsp3) is 0.318. The van der Waals surface area contributed by atoms with Gasteiger partial charge in [-0.25, -0.2) is 4.79 Å². The van der Waals surface area contributed by atoms with Crippen molar-refractivity contribution >= 4 is 12.0 Å². The third-order valence-corrected chi connectivity index (χ3v) is 4.84. The molecule has 0 amide bonds. The summed E-state index contributed by atoms with van der Waals surface area (Å²) in [5.41, 5.74) is 4.80. The largest absolute Gasteiger partial charge is 0.466 e. The lowest BCUT2D eigenvalue weighted by molar-refractivity contribution is -0.134. The summed E-state index contributed by atoms with van der Waals surface area (Å²) < 4.78 is 4.63. The molecular weight excluding hydrogens is 326 g/mol. The molecule has 0 heterocycles. The molecule has 2 aromatic carbocycles. The van der Waals surface area contributed by atoms with E-state index < -0.39 is 0 Å². The van der Waals surface area contributed by atoms with Gasteiger partial charge in [-0.3, -0.25) is 0 Å². The topological polar surface area (TPSA) is 58.6 Å². The third kappa shape index (κ3) is 4.59. The van der Waals surface area contributed by atoms with E-state index in [0.717, 1.165) is 24.8 Å². The summed E-state index contributed by atoms with van der Waals surface area (Å²) in [6.45, 7) is 0.112. The highest BCUT2D eigenvalue weighted by molar-refractivity contribution is 5.86. The van der Waals surface area contributed by atoms with Crippen molar-refractivity contribution in [3.8, 4) is 0 Å². The van der Waals surface area contributed by atoms with Crippen molar-refractivity contribution < 1.29 is 14.6 Å². The number of nitrogens with one attached hydrogen (secondary N) is 1. The fourth-order valence-electron chi connectivity index (χ4n) is 3.51. The highest BCUT2D eigenvalue weighted by atomic mass is 16.5. The Bertz CT molecular complexity index is 770. The molecule has 2 aromatic rings. The molecule has 1 aliphatic rings. The first-order chi connectivity index (χ1) is 12.7. The van der Waals surface area contributed by atoms with Crippen LogP contribution in [0.1, 0.15) is 34.7 Å². The van der Waals surface area contributed by atoms with E-state index in [2.05, 4.69) is 34.3 Å². The molecule has 4 heteroatoms. The number of carbonyl (C=O) groups is 1. The molecule has 0 bridgehead atoms. The molecule has 0 aliphatic heterocycles. The Labute approximate surface area is 154 Å². The van der Waals surface area contributed by atoms with Crippen LogP contribution in [0.25, 0.3) is 6.08 Å². The Kier molecular flexibility index (Phi) is 6.21. The van der Waals surface area contributed by atoms with Crippen LogP contribution < -0.4 is 5.32 Å². The Balaban J connectivity index is 1.67. The summed E-state index contributed by atoms with van der Waals surface area (Å²) in [7, 11) is 1.37. The van der Waals surface area contributed by atoms with E-state index in [0.29, 0.717) is 0 Å². The molecule has 0 unspecified atom stereocenters. The van der Waals surface area contributed by atoms with E-state index in [9.17, 15) is 9.90 Å². The smallest absolute Gasteiger partial charge is 0.330 e. The second-order valence-electron chi connectivity index (χ2n) is 6.64. The summed E-state index contributed by atoms with van der Waals surface area (Å²) in [5, 5.41) is 13.4. The highest BCUT2D eigenvalue weighted by Crippen LogP contribution is 2.32. The van der Waals surface area contributed by atoms with Gasteiger partial charge in [0.25, 0.3) is 0 Å². The van der Waals surface area contributed by atoms with Crippen molar-refractivity contribution in [2.45, 2.75) is 31.3 Å². The number of fused-ring (bicyclic) bond motifs is 1. The van der Waals surface area contributed by atoms with Crippen molar-refractivity contribution in [2.75, 3.05) is 13.7 Å². The highest BCUT2D eigenvalue weighted by Gasteiger charge is 2.24. The van der Waals surface area contributed by atoms with E-state index in [1.165, 1.54) is 29.9 Å². The number of esters is 1. The van der Waals surface area contributed by atoms with Crippen LogP contribution in [0.2, 0.25) is 0 Å². The fourth-order valence-corrected chi connectivity index (χ4v) is 3.51. The van der Waals surface area contributed by atoms with Crippen LogP contribution >= 0.6 is 0 Å². The molecule has 2 atom stereocenters. The number of benzene rings is 2. The van der Waals surface area contributed by atoms with E-state index in [-0.39, 0.29) is 24.7 Å². The third-order valence-electron chi connectivity index (χ3n) is 4.84. The monoisotopic (exact) mass is 351 g/mol. The number of ether oxygens (including phenoxy) is 1. The van der Waals surface area contributed by atoms with Crippen molar-refractivity contribution in [1.82, 2.24) is 5.32 Å². The van der Waals surface area contributed by atoms with Gasteiger partial charge in [-0.05, 0) is 47.6 Å². The van der Waals surface area contributed by atoms with Gasteiger partial charge >= 0.3 is 5.97 Å². The first-order valence-corrected chi connectivity index (χ1v) is 8.99. The van der Waals surface area contributed by atoms with Gasteiger partial charge in [-0.15, -0.1) is 0 Å². The number of hydrogen-bond acceptors (Lipinski definition) is 4. The molecule has 0 fully saturated rings. The summed E-state index contributed by atoms with van der Waals surface area (Å²) in [6.07, 6.45) is 6.04. The van der Waals surface area contributed by atoms with Gasteiger partial charge in [-0.2, -0.15) is 0 Å². The van der Waals surface area contributed by atoms with Gasteiger partial charge in [0.15, 0.2) is 0 Å². The number of carbonyl (C=O) groups excluding carboxylic acids is 1.